The largest absolute Gasteiger partial charge is 0.489 e. The number of likely N-dealkylation sites (N-methyl/N-ethyl adjacent to an activating group) is 1. The monoisotopic (exact) mass is 386 g/mol. The Kier molecular flexibility index (Phi) is 5.53. The zero-order valence-corrected chi connectivity index (χ0v) is 16.9. The Morgan fingerprint density at radius 1 is 1.25 bits per heavy atom. The summed E-state index contributed by atoms with van der Waals surface area (Å²) in [6, 6.07) is 5.26. The molecule has 0 fully saturated rings. The highest BCUT2D eigenvalue weighted by molar-refractivity contribution is 5.95. The Morgan fingerprint density at radius 2 is 2.00 bits per heavy atom. The molecule has 28 heavy (non-hydrogen) atoms. The van der Waals surface area contributed by atoms with Crippen molar-refractivity contribution in [1.82, 2.24) is 24.6 Å². The van der Waals surface area contributed by atoms with Gasteiger partial charge in [-0.3, -0.25) is 9.59 Å². The first-order valence-electron chi connectivity index (χ1n) is 9.06. The van der Waals surface area contributed by atoms with Crippen LogP contribution in [0.2, 0.25) is 0 Å². The SMILES string of the molecule is CN(C)C(=O)c1ccc2c(c1)N(C)[C@@H](CC(=O)N(C)Cc1nncn1C)CO2. The summed E-state index contributed by atoms with van der Waals surface area (Å²) in [6.45, 7) is 0.804. The number of amides is 2. The highest BCUT2D eigenvalue weighted by atomic mass is 16.5. The second-order valence-electron chi connectivity index (χ2n) is 7.27. The minimum Gasteiger partial charge on any atom is -0.489 e. The molecule has 0 bridgehead atoms. The van der Waals surface area contributed by atoms with E-state index in [4.69, 9.17) is 4.74 Å². The van der Waals surface area contributed by atoms with Gasteiger partial charge in [0.05, 0.1) is 24.7 Å². The number of carbonyl (C=O) groups excluding carboxylic acids is 2. The Hall–Kier alpha value is -3.10. The summed E-state index contributed by atoms with van der Waals surface area (Å²) in [5, 5.41) is 7.86. The van der Waals surface area contributed by atoms with Gasteiger partial charge in [0, 0.05) is 40.8 Å². The first-order valence-corrected chi connectivity index (χ1v) is 9.06. The van der Waals surface area contributed by atoms with Gasteiger partial charge in [0.1, 0.15) is 18.7 Å². The lowest BCUT2D eigenvalue weighted by molar-refractivity contribution is -0.131. The topological polar surface area (TPSA) is 83.8 Å². The van der Waals surface area contributed by atoms with Crippen molar-refractivity contribution < 1.29 is 14.3 Å². The van der Waals surface area contributed by atoms with Crippen molar-refractivity contribution >= 4 is 17.5 Å². The van der Waals surface area contributed by atoms with Crippen molar-refractivity contribution in [3.63, 3.8) is 0 Å². The lowest BCUT2D eigenvalue weighted by atomic mass is 10.1. The Labute approximate surface area is 164 Å². The van der Waals surface area contributed by atoms with E-state index in [0.717, 1.165) is 11.5 Å². The van der Waals surface area contributed by atoms with Gasteiger partial charge in [0.25, 0.3) is 5.91 Å². The van der Waals surface area contributed by atoms with Crippen LogP contribution < -0.4 is 9.64 Å². The van der Waals surface area contributed by atoms with Crippen molar-refractivity contribution in [2.45, 2.75) is 19.0 Å². The number of nitrogens with zero attached hydrogens (tertiary/aromatic N) is 6. The molecule has 1 aliphatic rings. The Bertz CT molecular complexity index is 878. The smallest absolute Gasteiger partial charge is 0.253 e. The molecule has 0 saturated carbocycles. The molecule has 1 aromatic heterocycles. The molecule has 2 amide bonds. The van der Waals surface area contributed by atoms with E-state index < -0.39 is 0 Å². The number of carbonyl (C=O) groups is 2. The molecule has 9 heteroatoms. The summed E-state index contributed by atoms with van der Waals surface area (Å²) in [5.74, 6) is 1.36. The molecular formula is C19H26N6O3. The predicted octanol–water partition coefficient (Wildman–Crippen LogP) is 0.763. The molecule has 150 valence electrons. The summed E-state index contributed by atoms with van der Waals surface area (Å²) in [7, 11) is 8.96. The molecule has 0 radical (unpaired) electrons. The number of rotatable bonds is 5. The van der Waals surface area contributed by atoms with E-state index in [1.807, 2.05) is 25.1 Å². The number of hydrogen-bond acceptors (Lipinski definition) is 6. The first kappa shape index (κ1) is 19.7. The maximum atomic E-state index is 12.7. The summed E-state index contributed by atoms with van der Waals surface area (Å²) >= 11 is 0. The van der Waals surface area contributed by atoms with Crippen molar-refractivity contribution in [3.8, 4) is 5.75 Å². The zero-order valence-electron chi connectivity index (χ0n) is 16.9. The van der Waals surface area contributed by atoms with E-state index in [0.29, 0.717) is 30.9 Å². The third-order valence-corrected chi connectivity index (χ3v) is 4.99. The highest BCUT2D eigenvalue weighted by Crippen LogP contribution is 2.34. The summed E-state index contributed by atoms with van der Waals surface area (Å²) in [4.78, 5) is 30.1. The van der Waals surface area contributed by atoms with Crippen LogP contribution in [0.3, 0.4) is 0 Å². The van der Waals surface area contributed by atoms with Gasteiger partial charge >= 0.3 is 0 Å². The molecular weight excluding hydrogens is 360 g/mol. The van der Waals surface area contributed by atoms with Crippen LogP contribution in [0, 0.1) is 0 Å². The summed E-state index contributed by atoms with van der Waals surface area (Å²) in [6.07, 6.45) is 1.91. The number of aromatic nitrogens is 3. The van der Waals surface area contributed by atoms with Crippen LogP contribution in [0.1, 0.15) is 22.6 Å². The fourth-order valence-electron chi connectivity index (χ4n) is 3.10. The van der Waals surface area contributed by atoms with E-state index in [-0.39, 0.29) is 17.9 Å². The van der Waals surface area contributed by atoms with E-state index in [1.54, 1.807) is 49.1 Å². The molecule has 0 N–H and O–H groups in total. The average molecular weight is 386 g/mol. The Morgan fingerprint density at radius 3 is 2.64 bits per heavy atom. The van der Waals surface area contributed by atoms with Crippen molar-refractivity contribution in [2.75, 3.05) is 39.7 Å². The molecule has 0 aliphatic carbocycles. The van der Waals surface area contributed by atoms with Gasteiger partial charge in [-0.1, -0.05) is 0 Å². The molecule has 3 rings (SSSR count). The van der Waals surface area contributed by atoms with Gasteiger partial charge in [0.15, 0.2) is 5.82 Å². The van der Waals surface area contributed by atoms with Crippen LogP contribution >= 0.6 is 0 Å². The van der Waals surface area contributed by atoms with Crippen LogP contribution in [0.25, 0.3) is 0 Å². The number of benzene rings is 1. The fraction of sp³-hybridized carbons (Fsp3) is 0.474. The normalized spacial score (nSPS) is 15.6. The highest BCUT2D eigenvalue weighted by Gasteiger charge is 2.29. The molecule has 2 aromatic rings. The van der Waals surface area contributed by atoms with Crippen molar-refractivity contribution in [1.29, 1.82) is 0 Å². The van der Waals surface area contributed by atoms with Crippen LogP contribution in [-0.2, 0) is 18.4 Å². The lowest BCUT2D eigenvalue weighted by Crippen LogP contribution is -2.44. The van der Waals surface area contributed by atoms with E-state index >= 15 is 0 Å². The molecule has 1 atom stereocenters. The molecule has 1 aliphatic heterocycles. The van der Waals surface area contributed by atoms with Crippen LogP contribution in [-0.4, -0.2) is 77.2 Å². The van der Waals surface area contributed by atoms with Gasteiger partial charge in [-0.05, 0) is 18.2 Å². The van der Waals surface area contributed by atoms with Crippen LogP contribution in [0.4, 0.5) is 5.69 Å². The fourth-order valence-corrected chi connectivity index (χ4v) is 3.10. The third kappa shape index (κ3) is 3.92. The predicted molar refractivity (Wildman–Crippen MR) is 104 cm³/mol. The van der Waals surface area contributed by atoms with Gasteiger partial charge in [-0.2, -0.15) is 0 Å². The quantitative estimate of drug-likeness (QED) is 0.755. The maximum Gasteiger partial charge on any atom is 0.253 e. The standard InChI is InChI=1S/C19H26N6O3/c1-22(2)19(27)13-6-7-16-15(8-13)25(5)14(11-28-16)9-18(26)23(3)10-17-21-20-12-24(17)4/h6-8,12,14H,9-11H2,1-5H3/t14-/m0/s1. The van der Waals surface area contributed by atoms with Gasteiger partial charge < -0.3 is 24.0 Å². The van der Waals surface area contributed by atoms with E-state index in [9.17, 15) is 9.59 Å². The molecule has 0 saturated heterocycles. The van der Waals surface area contributed by atoms with Gasteiger partial charge in [-0.25, -0.2) is 0 Å². The van der Waals surface area contributed by atoms with E-state index in [1.165, 1.54) is 4.90 Å². The average Bonchev–Trinajstić information content (AvgIpc) is 3.07. The molecule has 9 nitrogen and oxygen atoms in total. The third-order valence-electron chi connectivity index (χ3n) is 4.99. The molecule has 0 spiro atoms. The minimum atomic E-state index is -0.119. The zero-order chi connectivity index (χ0) is 20.4. The first-order chi connectivity index (χ1) is 13.3. The number of aryl methyl sites for hydroxylation is 1. The van der Waals surface area contributed by atoms with Gasteiger partial charge in [-0.15, -0.1) is 10.2 Å². The molecule has 0 unspecified atom stereocenters. The minimum absolute atomic E-state index is 0.00702. The maximum absolute atomic E-state index is 12.7. The van der Waals surface area contributed by atoms with Crippen molar-refractivity contribution in [3.05, 3.63) is 35.9 Å². The number of hydrogen-bond donors (Lipinski definition) is 0. The lowest BCUT2D eigenvalue weighted by Gasteiger charge is -2.36. The van der Waals surface area contributed by atoms with E-state index in [2.05, 4.69) is 10.2 Å². The summed E-state index contributed by atoms with van der Waals surface area (Å²) in [5.41, 5.74) is 1.40. The van der Waals surface area contributed by atoms with Gasteiger partial charge in [0.2, 0.25) is 5.91 Å². The summed E-state index contributed by atoms with van der Waals surface area (Å²) < 4.78 is 7.63. The molecule has 1 aromatic carbocycles. The van der Waals surface area contributed by atoms with Crippen LogP contribution in [0.5, 0.6) is 5.75 Å². The van der Waals surface area contributed by atoms with Crippen molar-refractivity contribution in [2.24, 2.45) is 7.05 Å². The second kappa shape index (κ2) is 7.87. The van der Waals surface area contributed by atoms with Crippen LogP contribution in [0.15, 0.2) is 24.5 Å². The number of ether oxygens (including phenoxy) is 1. The number of fused-ring (bicyclic) bond motifs is 1. The molecule has 2 heterocycles. The Balaban J connectivity index is 1.70. The number of anilines is 1. The second-order valence-corrected chi connectivity index (χ2v) is 7.27.